The number of carbonyl (C=O) groups excluding carboxylic acids is 1. The van der Waals surface area contributed by atoms with Gasteiger partial charge in [0.2, 0.25) is 5.88 Å². The molecule has 0 aliphatic carbocycles. The topological polar surface area (TPSA) is 73.8 Å². The van der Waals surface area contributed by atoms with Crippen molar-refractivity contribution in [3.63, 3.8) is 0 Å². The number of likely N-dealkylation sites (N-methyl/N-ethyl adjacent to an activating group) is 1. The highest BCUT2D eigenvalue weighted by atomic mass is 35.5. The molecule has 0 bridgehead atoms. The number of benzene rings is 2. The fraction of sp³-hybridized carbons (Fsp3) is 0.320. The number of anilines is 3. The Labute approximate surface area is 216 Å². The maximum Gasteiger partial charge on any atom is 0.418 e. The van der Waals surface area contributed by atoms with Crippen LogP contribution in [0.1, 0.15) is 11.1 Å². The minimum atomic E-state index is -4.55. The van der Waals surface area contributed by atoms with Gasteiger partial charge in [-0.05, 0) is 55.4 Å². The molecule has 3 aromatic rings. The Morgan fingerprint density at radius 3 is 2.49 bits per heavy atom. The quantitative estimate of drug-likeness (QED) is 0.460. The molecule has 5 rings (SSSR count). The van der Waals surface area contributed by atoms with Gasteiger partial charge in [0.1, 0.15) is 17.2 Å². The van der Waals surface area contributed by atoms with E-state index in [1.807, 2.05) is 7.05 Å². The molecule has 0 unspecified atom stereocenters. The molecule has 0 saturated carbocycles. The first kappa shape index (κ1) is 25.1. The molecule has 12 heteroatoms. The lowest BCUT2D eigenvalue weighted by molar-refractivity contribution is -0.137. The number of hydrogen-bond donors (Lipinski definition) is 1. The van der Waals surface area contributed by atoms with Crippen LogP contribution in [0.25, 0.3) is 0 Å². The van der Waals surface area contributed by atoms with Crippen LogP contribution >= 0.6 is 11.6 Å². The maximum atomic E-state index is 13.9. The number of urea groups is 1. The summed E-state index contributed by atoms with van der Waals surface area (Å²) in [4.78, 5) is 26.2. The summed E-state index contributed by atoms with van der Waals surface area (Å²) in [5.74, 6) is 0.804. The van der Waals surface area contributed by atoms with E-state index < -0.39 is 17.8 Å². The lowest BCUT2D eigenvalue weighted by atomic mass is 10.1. The van der Waals surface area contributed by atoms with Crippen LogP contribution in [0.15, 0.2) is 48.8 Å². The van der Waals surface area contributed by atoms with Crippen LogP contribution in [-0.2, 0) is 12.6 Å². The van der Waals surface area contributed by atoms with Crippen molar-refractivity contribution < 1.29 is 22.7 Å². The number of nitrogens with one attached hydrogen (secondary N) is 1. The third kappa shape index (κ3) is 5.57. The van der Waals surface area contributed by atoms with E-state index in [0.717, 1.165) is 11.6 Å². The van der Waals surface area contributed by atoms with Gasteiger partial charge in [-0.25, -0.2) is 14.8 Å². The minimum absolute atomic E-state index is 0.0873. The Bertz CT molecular complexity index is 1310. The summed E-state index contributed by atoms with van der Waals surface area (Å²) < 4.78 is 47.5. The smallest absolute Gasteiger partial charge is 0.418 e. The Morgan fingerprint density at radius 2 is 1.76 bits per heavy atom. The number of ether oxygens (including phenoxy) is 1. The number of carbonyl (C=O) groups is 1. The van der Waals surface area contributed by atoms with Crippen LogP contribution in [0, 0.1) is 0 Å². The largest absolute Gasteiger partial charge is 0.439 e. The first-order valence-electron chi connectivity index (χ1n) is 11.7. The number of piperazine rings is 1. The van der Waals surface area contributed by atoms with Crippen molar-refractivity contribution >= 4 is 34.7 Å². The highest BCUT2D eigenvalue weighted by molar-refractivity contribution is 6.29. The maximum absolute atomic E-state index is 13.9. The van der Waals surface area contributed by atoms with Crippen LogP contribution < -0.4 is 19.9 Å². The van der Waals surface area contributed by atoms with Gasteiger partial charge in [0, 0.05) is 55.9 Å². The second kappa shape index (κ2) is 10.1. The summed E-state index contributed by atoms with van der Waals surface area (Å²) in [6, 6.07) is 10.2. The molecule has 1 N–H and O–H groups in total. The van der Waals surface area contributed by atoms with Gasteiger partial charge in [0.15, 0.2) is 0 Å². The predicted molar refractivity (Wildman–Crippen MR) is 135 cm³/mol. The van der Waals surface area contributed by atoms with Crippen molar-refractivity contribution in [3.05, 3.63) is 65.1 Å². The highest BCUT2D eigenvalue weighted by Crippen LogP contribution is 2.39. The van der Waals surface area contributed by atoms with Crippen molar-refractivity contribution in [1.29, 1.82) is 0 Å². The molecule has 2 amide bonds. The zero-order chi connectivity index (χ0) is 26.2. The number of hydrogen-bond acceptors (Lipinski definition) is 6. The molecular formula is C25H24ClF3N6O2. The van der Waals surface area contributed by atoms with Crippen LogP contribution in [-0.4, -0.2) is 60.7 Å². The lowest BCUT2D eigenvalue weighted by Gasteiger charge is -2.35. The summed E-state index contributed by atoms with van der Waals surface area (Å²) in [7, 11) is 1.94. The normalized spacial score (nSPS) is 16.0. The molecule has 2 aliphatic rings. The van der Waals surface area contributed by atoms with E-state index in [-0.39, 0.29) is 22.4 Å². The second-order valence-corrected chi connectivity index (χ2v) is 9.31. The SMILES string of the molecule is CN1CCN(c2ccc(NC(=O)N3CCc4cc(Oc5cc(Cl)ncn5)ccc43)cc2C(F)(F)F)CC1. The van der Waals surface area contributed by atoms with Gasteiger partial charge in [0.25, 0.3) is 0 Å². The average Bonchev–Trinajstić information content (AvgIpc) is 3.28. The number of rotatable bonds is 4. The molecule has 2 aromatic carbocycles. The van der Waals surface area contributed by atoms with E-state index >= 15 is 0 Å². The summed E-state index contributed by atoms with van der Waals surface area (Å²) >= 11 is 5.86. The Kier molecular flexibility index (Phi) is 6.82. The standard InChI is InChI=1S/C25H24ClF3N6O2/c1-33-8-10-34(11-9-33)21-4-2-17(13-19(21)25(27,28)29)32-24(36)35-7-6-16-12-18(3-5-20(16)35)37-23-14-22(26)30-15-31-23/h2-5,12-15H,6-11H2,1H3,(H,32,36). The van der Waals surface area contributed by atoms with E-state index in [9.17, 15) is 18.0 Å². The molecule has 0 radical (unpaired) electrons. The van der Waals surface area contributed by atoms with Gasteiger partial charge < -0.3 is 19.9 Å². The van der Waals surface area contributed by atoms with Gasteiger partial charge in [-0.2, -0.15) is 13.2 Å². The Balaban J connectivity index is 1.31. The summed E-state index contributed by atoms with van der Waals surface area (Å²) in [5, 5.41) is 2.88. The zero-order valence-corrected chi connectivity index (χ0v) is 20.7. The number of aromatic nitrogens is 2. The van der Waals surface area contributed by atoms with Crippen molar-refractivity contribution in [2.24, 2.45) is 0 Å². The predicted octanol–water partition coefficient (Wildman–Crippen LogP) is 5.29. The van der Waals surface area contributed by atoms with Gasteiger partial charge in [-0.1, -0.05) is 11.6 Å². The van der Waals surface area contributed by atoms with E-state index in [1.165, 1.54) is 29.4 Å². The molecule has 194 valence electrons. The fourth-order valence-corrected chi connectivity index (χ4v) is 4.64. The number of fused-ring (bicyclic) bond motifs is 1. The first-order chi connectivity index (χ1) is 17.7. The summed E-state index contributed by atoms with van der Waals surface area (Å²) in [6.45, 7) is 2.76. The summed E-state index contributed by atoms with van der Waals surface area (Å²) in [6.07, 6.45) is -2.69. The molecule has 37 heavy (non-hydrogen) atoms. The third-order valence-corrected chi connectivity index (χ3v) is 6.63. The van der Waals surface area contributed by atoms with Gasteiger partial charge in [-0.3, -0.25) is 4.90 Å². The fourth-order valence-electron chi connectivity index (χ4n) is 4.50. The lowest BCUT2D eigenvalue weighted by Crippen LogP contribution is -2.45. The van der Waals surface area contributed by atoms with Crippen molar-refractivity contribution in [3.8, 4) is 11.6 Å². The van der Waals surface area contributed by atoms with Crippen LogP contribution in [0.2, 0.25) is 5.15 Å². The van der Waals surface area contributed by atoms with Crippen LogP contribution in [0.4, 0.5) is 35.0 Å². The Hall–Kier alpha value is -3.57. The van der Waals surface area contributed by atoms with Crippen LogP contribution in [0.5, 0.6) is 11.6 Å². The average molecular weight is 533 g/mol. The molecule has 1 aromatic heterocycles. The summed E-state index contributed by atoms with van der Waals surface area (Å²) in [5.41, 5.74) is 0.986. The molecule has 2 aliphatic heterocycles. The van der Waals surface area contributed by atoms with Crippen molar-refractivity contribution in [1.82, 2.24) is 14.9 Å². The van der Waals surface area contributed by atoms with Crippen molar-refractivity contribution in [2.75, 3.05) is 54.9 Å². The van der Waals surface area contributed by atoms with Gasteiger partial charge in [0.05, 0.1) is 5.56 Å². The first-order valence-corrected chi connectivity index (χ1v) is 12.1. The van der Waals surface area contributed by atoms with E-state index in [4.69, 9.17) is 16.3 Å². The molecule has 0 atom stereocenters. The minimum Gasteiger partial charge on any atom is -0.439 e. The van der Waals surface area contributed by atoms with Gasteiger partial charge in [-0.15, -0.1) is 0 Å². The Morgan fingerprint density at radius 1 is 1.00 bits per heavy atom. The van der Waals surface area contributed by atoms with E-state index in [0.29, 0.717) is 50.6 Å². The van der Waals surface area contributed by atoms with E-state index in [2.05, 4.69) is 20.2 Å². The van der Waals surface area contributed by atoms with E-state index in [1.54, 1.807) is 23.1 Å². The number of halogens is 4. The number of alkyl halides is 3. The number of amides is 2. The molecule has 8 nitrogen and oxygen atoms in total. The van der Waals surface area contributed by atoms with Gasteiger partial charge >= 0.3 is 12.2 Å². The molecule has 3 heterocycles. The van der Waals surface area contributed by atoms with Crippen molar-refractivity contribution in [2.45, 2.75) is 12.6 Å². The molecule has 1 fully saturated rings. The van der Waals surface area contributed by atoms with Crippen LogP contribution in [0.3, 0.4) is 0 Å². The molecular weight excluding hydrogens is 509 g/mol. The zero-order valence-electron chi connectivity index (χ0n) is 19.9. The number of nitrogens with zero attached hydrogens (tertiary/aromatic N) is 5. The molecule has 0 spiro atoms. The monoisotopic (exact) mass is 532 g/mol. The third-order valence-electron chi connectivity index (χ3n) is 6.42. The second-order valence-electron chi connectivity index (χ2n) is 8.92. The highest BCUT2D eigenvalue weighted by Gasteiger charge is 2.36. The molecule has 1 saturated heterocycles.